The first-order valence-electron chi connectivity index (χ1n) is 6.85. The van der Waals surface area contributed by atoms with Crippen molar-refractivity contribution < 1.29 is 0 Å². The summed E-state index contributed by atoms with van der Waals surface area (Å²) in [7, 11) is 0. The molecule has 1 aliphatic rings. The third-order valence-electron chi connectivity index (χ3n) is 3.73. The largest absolute Gasteiger partial charge is 0.370 e. The Kier molecular flexibility index (Phi) is 2.93. The smallest absolute Gasteiger partial charge is 0.125 e. The fourth-order valence-corrected chi connectivity index (χ4v) is 3.61. The van der Waals surface area contributed by atoms with Crippen molar-refractivity contribution in [3.8, 4) is 0 Å². The second-order valence-corrected chi connectivity index (χ2v) is 7.26. The van der Waals surface area contributed by atoms with Gasteiger partial charge in [0.15, 0.2) is 0 Å². The van der Waals surface area contributed by atoms with E-state index in [2.05, 4.69) is 55.2 Å². The van der Waals surface area contributed by atoms with E-state index in [1.54, 1.807) is 0 Å². The highest BCUT2D eigenvalue weighted by atomic mass is 32.1. The van der Waals surface area contributed by atoms with Crippen LogP contribution in [-0.4, -0.2) is 16.3 Å². The van der Waals surface area contributed by atoms with E-state index < -0.39 is 0 Å². The van der Waals surface area contributed by atoms with Gasteiger partial charge in [0.1, 0.15) is 5.82 Å². The van der Waals surface area contributed by atoms with Gasteiger partial charge in [0.05, 0.1) is 11.7 Å². The summed E-state index contributed by atoms with van der Waals surface area (Å²) in [4.78, 5) is 1.45. The molecule has 1 aliphatic heterocycles. The molecule has 0 amide bonds. The van der Waals surface area contributed by atoms with E-state index in [0.717, 1.165) is 24.5 Å². The molecule has 3 rings (SSSR count). The molecule has 0 radical (unpaired) electrons. The van der Waals surface area contributed by atoms with Gasteiger partial charge < -0.3 is 5.32 Å². The van der Waals surface area contributed by atoms with E-state index >= 15 is 0 Å². The Bertz CT molecular complexity index is 589. The average Bonchev–Trinajstić information content (AvgIpc) is 2.93. The topological polar surface area (TPSA) is 29.9 Å². The minimum absolute atomic E-state index is 0.0983. The summed E-state index contributed by atoms with van der Waals surface area (Å²) in [5.74, 6) is 1.16. The Morgan fingerprint density at radius 2 is 2.21 bits per heavy atom. The van der Waals surface area contributed by atoms with Gasteiger partial charge in [0.25, 0.3) is 0 Å². The van der Waals surface area contributed by atoms with E-state index in [0.29, 0.717) is 6.04 Å². The van der Waals surface area contributed by atoms with E-state index in [4.69, 9.17) is 5.10 Å². The Labute approximate surface area is 118 Å². The molecule has 19 heavy (non-hydrogen) atoms. The number of aromatic nitrogens is 2. The normalized spacial score (nSPS) is 19.1. The van der Waals surface area contributed by atoms with Crippen molar-refractivity contribution >= 4 is 17.2 Å². The zero-order valence-electron chi connectivity index (χ0n) is 12.0. The van der Waals surface area contributed by atoms with Crippen LogP contribution in [0.25, 0.3) is 0 Å². The van der Waals surface area contributed by atoms with E-state index in [1.807, 2.05) is 11.3 Å². The molecule has 0 fully saturated rings. The molecular formula is C15H21N3S. The molecule has 0 saturated carbocycles. The lowest BCUT2D eigenvalue weighted by Gasteiger charge is -2.25. The van der Waals surface area contributed by atoms with Crippen LogP contribution in [0.5, 0.6) is 0 Å². The highest BCUT2D eigenvalue weighted by Gasteiger charge is 2.28. The van der Waals surface area contributed by atoms with Gasteiger partial charge in [0.2, 0.25) is 0 Å². The number of rotatable bonds is 1. The number of aryl methyl sites for hydroxylation is 1. The predicted molar refractivity (Wildman–Crippen MR) is 81.2 cm³/mol. The first-order chi connectivity index (χ1) is 8.97. The Hall–Kier alpha value is -1.29. The summed E-state index contributed by atoms with van der Waals surface area (Å²) >= 11 is 1.85. The number of hydrogen-bond donors (Lipinski definition) is 1. The summed E-state index contributed by atoms with van der Waals surface area (Å²) in [6.45, 7) is 9.87. The summed E-state index contributed by atoms with van der Waals surface area (Å²) in [5.41, 5.74) is 2.65. The zero-order valence-corrected chi connectivity index (χ0v) is 12.8. The van der Waals surface area contributed by atoms with Gasteiger partial charge in [-0.2, -0.15) is 5.10 Å². The maximum absolute atomic E-state index is 4.86. The maximum atomic E-state index is 4.86. The highest BCUT2D eigenvalue weighted by Crippen LogP contribution is 2.36. The van der Waals surface area contributed by atoms with Gasteiger partial charge in [-0.3, -0.25) is 0 Å². The fraction of sp³-hybridized carbons (Fsp3) is 0.533. The van der Waals surface area contributed by atoms with E-state index in [9.17, 15) is 0 Å². The van der Waals surface area contributed by atoms with Gasteiger partial charge in [-0.05, 0) is 30.4 Å². The average molecular weight is 275 g/mol. The monoisotopic (exact) mass is 275 g/mol. The van der Waals surface area contributed by atoms with E-state index in [1.165, 1.54) is 10.4 Å². The SMILES string of the molecule is Cc1ccsc1C1CCNc2cc(C(C)(C)C)nn21. The summed E-state index contributed by atoms with van der Waals surface area (Å²) in [6, 6.07) is 4.80. The van der Waals surface area contributed by atoms with Crippen LogP contribution in [0.15, 0.2) is 17.5 Å². The molecule has 0 aromatic carbocycles. The second kappa shape index (κ2) is 4.37. The molecule has 3 heterocycles. The van der Waals surface area contributed by atoms with Crippen molar-refractivity contribution in [2.75, 3.05) is 11.9 Å². The van der Waals surface area contributed by atoms with Crippen LogP contribution in [0.1, 0.15) is 49.4 Å². The molecule has 102 valence electrons. The van der Waals surface area contributed by atoms with Crippen molar-refractivity contribution in [3.05, 3.63) is 33.6 Å². The van der Waals surface area contributed by atoms with Gasteiger partial charge in [-0.25, -0.2) is 4.68 Å². The lowest BCUT2D eigenvalue weighted by Crippen LogP contribution is -2.24. The standard InChI is InChI=1S/C15H21N3S/c1-10-6-8-19-14(10)11-5-7-16-13-9-12(15(2,3)4)17-18(11)13/h6,8-9,11,16H,5,7H2,1-4H3. The van der Waals surface area contributed by atoms with Crippen LogP contribution >= 0.6 is 11.3 Å². The van der Waals surface area contributed by atoms with Crippen molar-refractivity contribution in [1.29, 1.82) is 0 Å². The van der Waals surface area contributed by atoms with Crippen LogP contribution in [0.2, 0.25) is 0 Å². The number of fused-ring (bicyclic) bond motifs is 1. The number of hydrogen-bond acceptors (Lipinski definition) is 3. The first-order valence-corrected chi connectivity index (χ1v) is 7.72. The molecule has 0 saturated heterocycles. The van der Waals surface area contributed by atoms with Crippen LogP contribution in [0, 0.1) is 6.92 Å². The minimum atomic E-state index is 0.0983. The second-order valence-electron chi connectivity index (χ2n) is 6.31. The number of anilines is 1. The Morgan fingerprint density at radius 3 is 2.84 bits per heavy atom. The predicted octanol–water partition coefficient (Wildman–Crippen LogP) is 3.96. The molecule has 0 aliphatic carbocycles. The lowest BCUT2D eigenvalue weighted by atomic mass is 9.92. The summed E-state index contributed by atoms with van der Waals surface area (Å²) in [5, 5.41) is 10.5. The minimum Gasteiger partial charge on any atom is -0.370 e. The molecule has 1 unspecified atom stereocenters. The van der Waals surface area contributed by atoms with Gasteiger partial charge in [-0.1, -0.05) is 20.8 Å². The van der Waals surface area contributed by atoms with Crippen molar-refractivity contribution in [2.24, 2.45) is 0 Å². The Balaban J connectivity index is 2.05. The molecule has 1 atom stereocenters. The van der Waals surface area contributed by atoms with Crippen molar-refractivity contribution in [1.82, 2.24) is 9.78 Å². The third kappa shape index (κ3) is 2.18. The number of nitrogens with zero attached hydrogens (tertiary/aromatic N) is 2. The van der Waals surface area contributed by atoms with Crippen LogP contribution in [0.3, 0.4) is 0 Å². The van der Waals surface area contributed by atoms with Crippen molar-refractivity contribution in [2.45, 2.75) is 45.6 Å². The molecule has 0 bridgehead atoms. The zero-order chi connectivity index (χ0) is 13.6. The van der Waals surface area contributed by atoms with Gasteiger partial charge >= 0.3 is 0 Å². The molecule has 3 nitrogen and oxygen atoms in total. The molecule has 4 heteroatoms. The number of thiophene rings is 1. The molecular weight excluding hydrogens is 254 g/mol. The fourth-order valence-electron chi connectivity index (χ4n) is 2.56. The first kappa shape index (κ1) is 12.7. The molecule has 1 N–H and O–H groups in total. The highest BCUT2D eigenvalue weighted by molar-refractivity contribution is 7.10. The van der Waals surface area contributed by atoms with E-state index in [-0.39, 0.29) is 5.41 Å². The quantitative estimate of drug-likeness (QED) is 0.854. The summed E-state index contributed by atoms with van der Waals surface area (Å²) < 4.78 is 2.18. The van der Waals surface area contributed by atoms with Gasteiger partial charge in [-0.15, -0.1) is 11.3 Å². The maximum Gasteiger partial charge on any atom is 0.125 e. The molecule has 2 aromatic rings. The van der Waals surface area contributed by atoms with Crippen LogP contribution in [0.4, 0.5) is 5.82 Å². The van der Waals surface area contributed by atoms with Crippen LogP contribution < -0.4 is 5.32 Å². The van der Waals surface area contributed by atoms with Gasteiger partial charge in [0, 0.05) is 22.9 Å². The Morgan fingerprint density at radius 1 is 1.42 bits per heavy atom. The molecule has 0 spiro atoms. The molecule has 2 aromatic heterocycles. The lowest BCUT2D eigenvalue weighted by molar-refractivity contribution is 0.466. The van der Waals surface area contributed by atoms with Crippen molar-refractivity contribution in [3.63, 3.8) is 0 Å². The summed E-state index contributed by atoms with van der Waals surface area (Å²) in [6.07, 6.45) is 1.11. The number of nitrogens with one attached hydrogen (secondary N) is 1. The van der Waals surface area contributed by atoms with Crippen LogP contribution in [-0.2, 0) is 5.41 Å². The third-order valence-corrected chi connectivity index (χ3v) is 4.85.